The molecule has 4 heteroatoms. The van der Waals surface area contributed by atoms with Crippen molar-refractivity contribution in [3.63, 3.8) is 0 Å². The number of halogens is 1. The number of carbonyl (C=O) groups excluding carboxylic acids is 1. The van der Waals surface area contributed by atoms with Crippen molar-refractivity contribution < 1.29 is 9.18 Å². The van der Waals surface area contributed by atoms with Crippen molar-refractivity contribution in [2.45, 2.75) is 39.2 Å². The molecule has 1 aromatic carbocycles. The summed E-state index contributed by atoms with van der Waals surface area (Å²) in [7, 11) is 0. The van der Waals surface area contributed by atoms with Gasteiger partial charge in [0, 0.05) is 12.5 Å². The summed E-state index contributed by atoms with van der Waals surface area (Å²) in [5, 5.41) is 2.91. The van der Waals surface area contributed by atoms with E-state index in [1.807, 2.05) is 6.07 Å². The summed E-state index contributed by atoms with van der Waals surface area (Å²) in [5.41, 5.74) is 7.08. The molecule has 0 aromatic heterocycles. The van der Waals surface area contributed by atoms with Crippen LogP contribution >= 0.6 is 0 Å². The molecule has 0 spiro atoms. The molecular weight excluding hydrogens is 255 g/mol. The fourth-order valence-corrected chi connectivity index (χ4v) is 2.74. The average Bonchev–Trinajstić information content (AvgIpc) is 2.48. The highest BCUT2D eigenvalue weighted by Crippen LogP contribution is 2.28. The maximum atomic E-state index is 13.4. The van der Waals surface area contributed by atoms with Crippen LogP contribution in [0, 0.1) is 24.6 Å². The maximum absolute atomic E-state index is 13.4. The van der Waals surface area contributed by atoms with E-state index in [1.165, 1.54) is 6.07 Å². The molecule has 0 saturated heterocycles. The minimum Gasteiger partial charge on any atom is -0.352 e. The molecule has 20 heavy (non-hydrogen) atoms. The zero-order valence-corrected chi connectivity index (χ0v) is 12.0. The van der Waals surface area contributed by atoms with Crippen molar-refractivity contribution in [2.75, 3.05) is 6.54 Å². The molecule has 1 aliphatic carbocycles. The highest BCUT2D eigenvalue weighted by molar-refractivity contribution is 5.78. The van der Waals surface area contributed by atoms with Gasteiger partial charge >= 0.3 is 0 Å². The Labute approximate surface area is 119 Å². The summed E-state index contributed by atoms with van der Waals surface area (Å²) in [6.45, 7) is 2.84. The second-order valence-electron chi connectivity index (χ2n) is 5.75. The summed E-state index contributed by atoms with van der Waals surface area (Å²) >= 11 is 0. The molecule has 0 radical (unpaired) electrons. The van der Waals surface area contributed by atoms with E-state index in [9.17, 15) is 9.18 Å². The summed E-state index contributed by atoms with van der Waals surface area (Å²) < 4.78 is 13.4. The Balaban J connectivity index is 1.81. The molecule has 110 valence electrons. The smallest absolute Gasteiger partial charge is 0.223 e. The summed E-state index contributed by atoms with van der Waals surface area (Å²) in [5.74, 6) is 0.528. The minimum atomic E-state index is -0.222. The summed E-state index contributed by atoms with van der Waals surface area (Å²) in [6, 6.07) is 5.08. The second-order valence-corrected chi connectivity index (χ2v) is 5.75. The first-order valence-electron chi connectivity index (χ1n) is 7.33. The van der Waals surface area contributed by atoms with E-state index >= 15 is 0 Å². The van der Waals surface area contributed by atoms with Crippen LogP contribution in [0.2, 0.25) is 0 Å². The third-order valence-corrected chi connectivity index (χ3v) is 4.25. The van der Waals surface area contributed by atoms with Gasteiger partial charge in [-0.15, -0.1) is 0 Å². The quantitative estimate of drug-likeness (QED) is 0.889. The Kier molecular flexibility index (Phi) is 5.12. The maximum Gasteiger partial charge on any atom is 0.223 e. The van der Waals surface area contributed by atoms with Crippen molar-refractivity contribution in [1.29, 1.82) is 0 Å². The van der Waals surface area contributed by atoms with Crippen LogP contribution in [-0.2, 0) is 11.3 Å². The number of nitrogens with one attached hydrogen (secondary N) is 1. The van der Waals surface area contributed by atoms with E-state index in [-0.39, 0.29) is 17.6 Å². The lowest BCUT2D eigenvalue weighted by molar-refractivity contribution is -0.126. The first-order valence-corrected chi connectivity index (χ1v) is 7.33. The van der Waals surface area contributed by atoms with Crippen LogP contribution in [-0.4, -0.2) is 12.5 Å². The number of benzene rings is 1. The zero-order valence-electron chi connectivity index (χ0n) is 12.0. The lowest BCUT2D eigenvalue weighted by atomic mass is 9.81. The fraction of sp³-hybridized carbons (Fsp3) is 0.562. The fourth-order valence-electron chi connectivity index (χ4n) is 2.74. The van der Waals surface area contributed by atoms with Gasteiger partial charge in [0.15, 0.2) is 0 Å². The average molecular weight is 278 g/mol. The van der Waals surface area contributed by atoms with E-state index < -0.39 is 0 Å². The van der Waals surface area contributed by atoms with Crippen LogP contribution in [0.3, 0.4) is 0 Å². The van der Waals surface area contributed by atoms with Gasteiger partial charge in [0.1, 0.15) is 5.82 Å². The standard InChI is InChI=1S/C16H23FN2O/c1-11-2-3-13(8-15(11)17)10-19-16(20)14-6-4-12(9-18)5-7-14/h2-3,8,12,14H,4-7,9-10,18H2,1H3,(H,19,20). The van der Waals surface area contributed by atoms with Crippen molar-refractivity contribution in [3.8, 4) is 0 Å². The van der Waals surface area contributed by atoms with Gasteiger partial charge in [-0.05, 0) is 62.3 Å². The number of rotatable bonds is 4. The lowest BCUT2D eigenvalue weighted by Crippen LogP contribution is -2.34. The molecule has 0 unspecified atom stereocenters. The largest absolute Gasteiger partial charge is 0.352 e. The highest BCUT2D eigenvalue weighted by Gasteiger charge is 2.25. The van der Waals surface area contributed by atoms with Gasteiger partial charge in [0.25, 0.3) is 0 Å². The predicted molar refractivity (Wildman–Crippen MR) is 77.5 cm³/mol. The van der Waals surface area contributed by atoms with E-state index in [1.54, 1.807) is 13.0 Å². The van der Waals surface area contributed by atoms with E-state index in [0.717, 1.165) is 37.8 Å². The number of hydrogen-bond donors (Lipinski definition) is 2. The molecular formula is C16H23FN2O. The molecule has 1 aromatic rings. The highest BCUT2D eigenvalue weighted by atomic mass is 19.1. The molecule has 0 aliphatic heterocycles. The molecule has 3 N–H and O–H groups in total. The van der Waals surface area contributed by atoms with Gasteiger partial charge in [-0.3, -0.25) is 4.79 Å². The van der Waals surface area contributed by atoms with Crippen molar-refractivity contribution in [3.05, 3.63) is 35.1 Å². The third-order valence-electron chi connectivity index (χ3n) is 4.25. The number of carbonyl (C=O) groups is 1. The molecule has 1 amide bonds. The van der Waals surface area contributed by atoms with Crippen molar-refractivity contribution in [2.24, 2.45) is 17.6 Å². The molecule has 1 aliphatic rings. The van der Waals surface area contributed by atoms with Gasteiger partial charge in [0.05, 0.1) is 0 Å². The number of hydrogen-bond acceptors (Lipinski definition) is 2. The zero-order chi connectivity index (χ0) is 14.5. The minimum absolute atomic E-state index is 0.0847. The Morgan fingerprint density at radius 1 is 1.35 bits per heavy atom. The van der Waals surface area contributed by atoms with Crippen LogP contribution in [0.4, 0.5) is 4.39 Å². The number of aryl methyl sites for hydroxylation is 1. The van der Waals surface area contributed by atoms with Crippen LogP contribution < -0.4 is 11.1 Å². The predicted octanol–water partition coefficient (Wildman–Crippen LogP) is 2.52. The lowest BCUT2D eigenvalue weighted by Gasteiger charge is -2.26. The van der Waals surface area contributed by atoms with E-state index in [4.69, 9.17) is 5.73 Å². The first kappa shape index (κ1) is 15.0. The first-order chi connectivity index (χ1) is 9.60. The van der Waals surface area contributed by atoms with Gasteiger partial charge in [-0.2, -0.15) is 0 Å². The molecule has 0 bridgehead atoms. The Hall–Kier alpha value is -1.42. The summed E-state index contributed by atoms with van der Waals surface area (Å²) in [4.78, 5) is 12.1. The van der Waals surface area contributed by atoms with Crippen molar-refractivity contribution >= 4 is 5.91 Å². The van der Waals surface area contributed by atoms with Gasteiger partial charge in [0.2, 0.25) is 5.91 Å². The van der Waals surface area contributed by atoms with E-state index in [0.29, 0.717) is 18.0 Å². The molecule has 0 atom stereocenters. The van der Waals surface area contributed by atoms with Gasteiger partial charge < -0.3 is 11.1 Å². The molecule has 2 rings (SSSR count). The van der Waals surface area contributed by atoms with Crippen LogP contribution in [0.15, 0.2) is 18.2 Å². The third kappa shape index (κ3) is 3.79. The van der Waals surface area contributed by atoms with Crippen LogP contribution in [0.25, 0.3) is 0 Å². The Morgan fingerprint density at radius 3 is 2.65 bits per heavy atom. The van der Waals surface area contributed by atoms with E-state index in [2.05, 4.69) is 5.32 Å². The molecule has 1 saturated carbocycles. The van der Waals surface area contributed by atoms with Crippen LogP contribution in [0.5, 0.6) is 0 Å². The normalized spacial score (nSPS) is 22.6. The topological polar surface area (TPSA) is 55.1 Å². The second kappa shape index (κ2) is 6.84. The van der Waals surface area contributed by atoms with Crippen LogP contribution in [0.1, 0.15) is 36.8 Å². The SMILES string of the molecule is Cc1ccc(CNC(=O)C2CCC(CN)CC2)cc1F. The monoisotopic (exact) mass is 278 g/mol. The van der Waals surface area contributed by atoms with Crippen molar-refractivity contribution in [1.82, 2.24) is 5.32 Å². The molecule has 1 fully saturated rings. The molecule has 0 heterocycles. The Morgan fingerprint density at radius 2 is 2.05 bits per heavy atom. The van der Waals surface area contributed by atoms with Gasteiger partial charge in [-0.25, -0.2) is 4.39 Å². The number of amides is 1. The van der Waals surface area contributed by atoms with Gasteiger partial charge in [-0.1, -0.05) is 12.1 Å². The Bertz CT molecular complexity index is 468. The number of nitrogens with two attached hydrogens (primary N) is 1. The summed E-state index contributed by atoms with van der Waals surface area (Å²) in [6.07, 6.45) is 3.90. The molecule has 3 nitrogen and oxygen atoms in total.